The fraction of sp³-hybridized carbons (Fsp3) is 0.550. The number of carbonyl (C=O) groups is 3. The number of likely N-dealkylation sites (tertiary alicyclic amines) is 2. The van der Waals surface area contributed by atoms with Gasteiger partial charge in [0.15, 0.2) is 0 Å². The molecule has 2 saturated heterocycles. The highest BCUT2D eigenvalue weighted by Crippen LogP contribution is 2.61. The molecule has 9 nitrogen and oxygen atoms in total. The first-order valence-electron chi connectivity index (χ1n) is 26.3. The van der Waals surface area contributed by atoms with Gasteiger partial charge in [0.25, 0.3) is 5.91 Å². The molecule has 0 unspecified atom stereocenters. The molecule has 4 aromatic carbocycles. The Kier molecular flexibility index (Phi) is 15.5. The van der Waals surface area contributed by atoms with Crippen LogP contribution in [0, 0.1) is 46.3 Å². The van der Waals surface area contributed by atoms with Crippen LogP contribution >= 0.6 is 11.6 Å². The van der Waals surface area contributed by atoms with E-state index < -0.39 is 0 Å². The number of hydrogen-bond acceptors (Lipinski definition) is 8. The van der Waals surface area contributed by atoms with Crippen LogP contribution in [0.2, 0.25) is 0 Å². The smallest absolute Gasteiger partial charge is 0.257 e. The van der Waals surface area contributed by atoms with Crippen LogP contribution in [-0.2, 0) is 9.59 Å². The number of nitrogens with one attached hydrogen (secondary N) is 1. The summed E-state index contributed by atoms with van der Waals surface area (Å²) in [6.45, 7) is 4.39. The number of anilines is 1. The Morgan fingerprint density at radius 2 is 0.914 bits per heavy atom. The molecular weight excluding hydrogens is 892 g/mol. The second-order valence-corrected chi connectivity index (χ2v) is 23.3. The van der Waals surface area contributed by atoms with E-state index in [0.717, 1.165) is 148 Å². The van der Waals surface area contributed by atoms with Gasteiger partial charge in [-0.2, -0.15) is 0 Å². The van der Waals surface area contributed by atoms with Crippen molar-refractivity contribution in [3.8, 4) is 33.8 Å². The van der Waals surface area contributed by atoms with Gasteiger partial charge in [0.2, 0.25) is 11.1 Å². The molecule has 2 aliphatic heterocycles. The van der Waals surface area contributed by atoms with E-state index in [4.69, 9.17) is 26.8 Å². The lowest BCUT2D eigenvalue weighted by Crippen LogP contribution is -2.54. The van der Waals surface area contributed by atoms with Gasteiger partial charge in [-0.3, -0.25) is 19.7 Å². The van der Waals surface area contributed by atoms with Crippen LogP contribution in [0.3, 0.4) is 0 Å². The Bertz CT molecular complexity index is 2350. The average Bonchev–Trinajstić information content (AvgIpc) is 3.33. The quantitative estimate of drug-likeness (QED) is 0.0968. The van der Waals surface area contributed by atoms with E-state index in [0.29, 0.717) is 29.4 Å². The summed E-state index contributed by atoms with van der Waals surface area (Å²) in [5, 5.41) is 2.73. The van der Waals surface area contributed by atoms with Crippen LogP contribution < -0.4 is 20.5 Å². The van der Waals surface area contributed by atoms with Gasteiger partial charge in [-0.15, -0.1) is 0 Å². The number of halogens is 1. The van der Waals surface area contributed by atoms with Crippen molar-refractivity contribution in [1.29, 1.82) is 0 Å². The maximum absolute atomic E-state index is 13.2. The van der Waals surface area contributed by atoms with E-state index in [1.54, 1.807) is 0 Å². The fourth-order valence-electron chi connectivity index (χ4n) is 14.6. The fourth-order valence-corrected chi connectivity index (χ4v) is 14.9. The van der Waals surface area contributed by atoms with Crippen LogP contribution in [0.25, 0.3) is 22.3 Å². The molecule has 2 heterocycles. The zero-order chi connectivity index (χ0) is 47.7. The highest BCUT2D eigenvalue weighted by molar-refractivity contribution is 6.64. The summed E-state index contributed by atoms with van der Waals surface area (Å²) < 4.78 is 12.2. The number of piperidine rings is 2. The predicted octanol–water partition coefficient (Wildman–Crippen LogP) is 12.3. The van der Waals surface area contributed by atoms with Crippen molar-refractivity contribution in [1.82, 2.24) is 15.1 Å². The van der Waals surface area contributed by atoms with Crippen molar-refractivity contribution in [3.63, 3.8) is 0 Å². The summed E-state index contributed by atoms with van der Waals surface area (Å²) in [7, 11) is 4.32. The maximum atomic E-state index is 13.2. The highest BCUT2D eigenvalue weighted by atomic mass is 35.5. The predicted molar refractivity (Wildman–Crippen MR) is 282 cm³/mol. The summed E-state index contributed by atoms with van der Waals surface area (Å²) in [6, 6.07) is 32.0. The summed E-state index contributed by atoms with van der Waals surface area (Å²) in [5.41, 5.74) is 11.2. The van der Waals surface area contributed by atoms with Gasteiger partial charge < -0.3 is 25.0 Å². The number of nitrogens with zero attached hydrogens (tertiary/aromatic N) is 2. The van der Waals surface area contributed by atoms with E-state index in [-0.39, 0.29) is 41.4 Å². The molecule has 8 aliphatic carbocycles. The van der Waals surface area contributed by atoms with Crippen molar-refractivity contribution >= 4 is 34.3 Å². The summed E-state index contributed by atoms with van der Waals surface area (Å²) in [5.74, 6) is 6.08. The summed E-state index contributed by atoms with van der Waals surface area (Å²) in [4.78, 5) is 42.3. The Balaban J connectivity index is 0.000000146. The van der Waals surface area contributed by atoms with E-state index in [1.807, 2.05) is 54.6 Å². The van der Waals surface area contributed by atoms with E-state index in [2.05, 4.69) is 71.7 Å². The molecule has 10 fully saturated rings. The van der Waals surface area contributed by atoms with Gasteiger partial charge in [0, 0.05) is 42.8 Å². The van der Waals surface area contributed by atoms with Crippen molar-refractivity contribution < 1.29 is 23.9 Å². The lowest BCUT2D eigenvalue weighted by atomic mass is 9.49. The van der Waals surface area contributed by atoms with Crippen molar-refractivity contribution in [2.45, 2.75) is 122 Å². The standard InChI is InChI=1S/C30H36N2O3.C18H22N2O.C11H15ClO.CH4/c1-32-12-10-27(11-13-32)35-26-8-6-24(7-9-26)23-2-4-25(5-3-23)28(33)31-29(34)30-17-20-14-21(18-30)16-22(15-20)19-30;1-20-11-9-18(10-12-20)21-17-7-5-14(6-8-17)15-3-2-4-16(19)13-15;12-10(13)11-4-7-1-8(5-11)3-9(2-7)6-11;/h2-9,20-22,27H,10-19H2,1H3,(H,31,33,34);2-8,13,18H,9-12,19H2,1H3;7-9H,1-6H2;1H4. The van der Waals surface area contributed by atoms with Gasteiger partial charge in [0.1, 0.15) is 23.7 Å². The number of imide groups is 1. The molecule has 0 spiro atoms. The zero-order valence-corrected chi connectivity index (χ0v) is 41.6. The molecule has 14 rings (SSSR count). The van der Waals surface area contributed by atoms with E-state index >= 15 is 0 Å². The Hall–Kier alpha value is -4.70. The van der Waals surface area contributed by atoms with Crippen LogP contribution in [0.1, 0.15) is 121 Å². The second kappa shape index (κ2) is 21.6. The molecule has 2 amide bonds. The van der Waals surface area contributed by atoms with Crippen molar-refractivity contribution in [3.05, 3.63) is 103 Å². The van der Waals surface area contributed by atoms with E-state index in [9.17, 15) is 14.4 Å². The van der Waals surface area contributed by atoms with Gasteiger partial charge in [-0.25, -0.2) is 0 Å². The monoisotopic (exact) mass is 969 g/mol. The number of hydrogen-bond donors (Lipinski definition) is 2. The number of rotatable bonds is 9. The van der Waals surface area contributed by atoms with Gasteiger partial charge >= 0.3 is 0 Å². The molecule has 0 atom stereocenters. The number of ether oxygens (including phenoxy) is 2. The Morgan fingerprint density at radius 1 is 0.543 bits per heavy atom. The van der Waals surface area contributed by atoms with E-state index in [1.165, 1.54) is 38.5 Å². The van der Waals surface area contributed by atoms with Gasteiger partial charge in [0.05, 0.1) is 5.41 Å². The molecule has 10 heteroatoms. The molecule has 374 valence electrons. The molecule has 70 heavy (non-hydrogen) atoms. The average molecular weight is 970 g/mol. The third kappa shape index (κ3) is 11.6. The third-order valence-corrected chi connectivity index (χ3v) is 17.9. The number of nitrogen functional groups attached to an aromatic ring is 1. The van der Waals surface area contributed by atoms with Crippen molar-refractivity contribution in [2.75, 3.05) is 46.0 Å². The lowest BCUT2D eigenvalue weighted by molar-refractivity contribution is -0.145. The minimum Gasteiger partial charge on any atom is -0.490 e. The van der Waals surface area contributed by atoms with Gasteiger partial charge in [-0.05, 0) is 235 Å². The summed E-state index contributed by atoms with van der Waals surface area (Å²) >= 11 is 5.76. The molecule has 4 aromatic rings. The van der Waals surface area contributed by atoms with Crippen LogP contribution in [0.15, 0.2) is 97.1 Å². The first kappa shape index (κ1) is 50.2. The van der Waals surface area contributed by atoms with Crippen LogP contribution in [0.4, 0.5) is 5.69 Å². The Morgan fingerprint density at radius 3 is 1.30 bits per heavy atom. The molecule has 0 aromatic heterocycles. The third-order valence-electron chi connectivity index (χ3n) is 17.5. The van der Waals surface area contributed by atoms with Crippen LogP contribution in [0.5, 0.6) is 11.5 Å². The molecule has 8 bridgehead atoms. The first-order valence-corrected chi connectivity index (χ1v) is 26.6. The number of nitrogens with two attached hydrogens (primary N) is 1. The van der Waals surface area contributed by atoms with Crippen LogP contribution in [-0.4, -0.2) is 79.3 Å². The molecular formula is C60H77ClN4O5. The largest absolute Gasteiger partial charge is 0.490 e. The normalized spacial score (nSPS) is 29.9. The highest BCUT2D eigenvalue weighted by Gasteiger charge is 2.55. The molecule has 8 saturated carbocycles. The lowest BCUT2D eigenvalue weighted by Gasteiger charge is -2.55. The number of carbonyl (C=O) groups excluding carboxylic acids is 3. The Labute approximate surface area is 422 Å². The topological polar surface area (TPSA) is 114 Å². The maximum Gasteiger partial charge on any atom is 0.257 e. The summed E-state index contributed by atoms with van der Waals surface area (Å²) in [6.07, 6.45) is 19.2. The van der Waals surface area contributed by atoms with Crippen molar-refractivity contribution in [2.24, 2.45) is 46.3 Å². The van der Waals surface area contributed by atoms with Gasteiger partial charge in [-0.1, -0.05) is 56.0 Å². The SMILES string of the molecule is C.CN1CCC(Oc2ccc(-c3ccc(C(=O)NC(=O)C45CC6CC(CC(C6)C4)C5)cc3)cc2)CC1.CN1CCC(Oc2ccc(-c3cccc(N)c3)cc2)CC1.O=C(Cl)C12CC3CC(CC(C3)C1)C2. The molecule has 0 radical (unpaired) electrons. The molecule has 10 aliphatic rings. The molecule has 3 N–H and O–H groups in total. The number of benzene rings is 4. The number of amides is 2. The first-order chi connectivity index (χ1) is 33.3. The zero-order valence-electron chi connectivity index (χ0n) is 40.9. The minimum atomic E-state index is -0.304. The second-order valence-electron chi connectivity index (χ2n) is 22.9. The minimum absolute atomic E-state index is 0.